The Kier molecular flexibility index (Phi) is 15.0. The molecule has 1 aromatic carbocycles. The first-order chi connectivity index (χ1) is 15.0. The number of rotatable bonds is 18. The Bertz CT molecular complexity index is 665. The van der Waals surface area contributed by atoms with E-state index in [1.807, 2.05) is 0 Å². The summed E-state index contributed by atoms with van der Waals surface area (Å²) in [4.78, 5) is 35.2. The molecule has 8 nitrogen and oxygen atoms in total. The Hall–Kier alpha value is -2.29. The molecule has 0 fully saturated rings. The molecule has 0 aliphatic carbocycles. The van der Waals surface area contributed by atoms with Crippen LogP contribution in [0.15, 0.2) is 24.3 Å². The van der Waals surface area contributed by atoms with Gasteiger partial charge >= 0.3 is 0 Å². The molecule has 31 heavy (non-hydrogen) atoms. The van der Waals surface area contributed by atoms with Crippen LogP contribution in [0.25, 0.3) is 0 Å². The maximum Gasteiger partial charge on any atom is 0.224 e. The smallest absolute Gasteiger partial charge is 0.224 e. The van der Waals surface area contributed by atoms with Gasteiger partial charge in [-0.25, -0.2) is 0 Å². The van der Waals surface area contributed by atoms with E-state index in [1.165, 1.54) is 6.92 Å². The summed E-state index contributed by atoms with van der Waals surface area (Å²) in [6.07, 6.45) is 3.07. The van der Waals surface area contributed by atoms with Crippen LogP contribution in [-0.2, 0) is 23.8 Å². The fourth-order valence-corrected chi connectivity index (χ4v) is 2.55. The first-order valence-corrected chi connectivity index (χ1v) is 10.9. The largest absolute Gasteiger partial charge is 0.379 e. The number of carbonyl (C=O) groups excluding carboxylic acids is 3. The van der Waals surface area contributed by atoms with Gasteiger partial charge in [-0.3, -0.25) is 14.4 Å². The number of Topliss-reactive ketones (excluding diaryl/α,β-unsaturated/α-hetero) is 1. The molecule has 0 aromatic heterocycles. The summed E-state index contributed by atoms with van der Waals surface area (Å²) in [7, 11) is 0. The van der Waals surface area contributed by atoms with Crippen LogP contribution in [0.4, 0.5) is 5.69 Å². The lowest BCUT2D eigenvalue weighted by molar-refractivity contribution is -0.124. The van der Waals surface area contributed by atoms with Gasteiger partial charge in [0.2, 0.25) is 11.8 Å². The fraction of sp³-hybridized carbons (Fsp3) is 0.609. The molecular formula is C23H36N2O6. The van der Waals surface area contributed by atoms with E-state index in [2.05, 4.69) is 17.6 Å². The highest BCUT2D eigenvalue weighted by atomic mass is 16.5. The number of amides is 2. The van der Waals surface area contributed by atoms with Crippen LogP contribution >= 0.6 is 0 Å². The van der Waals surface area contributed by atoms with Crippen molar-refractivity contribution in [1.82, 2.24) is 5.32 Å². The van der Waals surface area contributed by atoms with Gasteiger partial charge in [0.1, 0.15) is 0 Å². The predicted molar refractivity (Wildman–Crippen MR) is 119 cm³/mol. The number of nitrogens with one attached hydrogen (secondary N) is 2. The van der Waals surface area contributed by atoms with Crippen molar-refractivity contribution in [3.05, 3.63) is 29.8 Å². The van der Waals surface area contributed by atoms with Crippen molar-refractivity contribution < 1.29 is 28.6 Å². The van der Waals surface area contributed by atoms with Crippen molar-refractivity contribution in [2.75, 3.05) is 51.5 Å². The van der Waals surface area contributed by atoms with Crippen LogP contribution < -0.4 is 10.6 Å². The van der Waals surface area contributed by atoms with Gasteiger partial charge in [-0.15, -0.1) is 0 Å². The summed E-state index contributed by atoms with van der Waals surface area (Å²) in [5.74, 6) is -0.520. The first kappa shape index (κ1) is 26.7. The van der Waals surface area contributed by atoms with Crippen LogP contribution in [0.1, 0.15) is 56.3 Å². The minimum atomic E-state index is -0.269. The monoisotopic (exact) mass is 436 g/mol. The molecule has 1 aromatic rings. The quantitative estimate of drug-likeness (QED) is 0.271. The van der Waals surface area contributed by atoms with Crippen LogP contribution in [0, 0.1) is 0 Å². The zero-order valence-corrected chi connectivity index (χ0v) is 18.7. The second kappa shape index (κ2) is 17.4. The topological polar surface area (TPSA) is 103 Å². The third-order valence-corrected chi connectivity index (χ3v) is 4.31. The van der Waals surface area contributed by atoms with E-state index in [1.54, 1.807) is 24.3 Å². The Morgan fingerprint density at radius 2 is 1.45 bits per heavy atom. The number of ether oxygens (including phenoxy) is 3. The average molecular weight is 437 g/mol. The number of unbranched alkanes of at least 4 members (excludes halogenated alkanes) is 1. The number of benzene rings is 1. The lowest BCUT2D eigenvalue weighted by Gasteiger charge is -2.08. The van der Waals surface area contributed by atoms with Crippen LogP contribution in [0.3, 0.4) is 0 Å². The first-order valence-electron chi connectivity index (χ1n) is 10.9. The summed E-state index contributed by atoms with van der Waals surface area (Å²) in [6, 6.07) is 6.71. The molecule has 0 bridgehead atoms. The van der Waals surface area contributed by atoms with Gasteiger partial charge in [0.15, 0.2) is 5.78 Å². The molecule has 0 aliphatic rings. The number of hydrogen-bond acceptors (Lipinski definition) is 6. The molecule has 0 aliphatic heterocycles. The molecule has 174 valence electrons. The standard InChI is InChI=1S/C23H36N2O6/c1-3-4-12-29-14-16-31-17-15-30-13-6-11-24-22(27)9-10-23(28)25-21-8-5-7-20(18-21)19(2)26/h5,7-8,18H,3-4,6,9-17H2,1-2H3,(H,24,27)(H,25,28). The van der Waals surface area contributed by atoms with Gasteiger partial charge in [0, 0.05) is 43.9 Å². The Morgan fingerprint density at radius 3 is 2.10 bits per heavy atom. The van der Waals surface area contributed by atoms with Crippen molar-refractivity contribution in [2.24, 2.45) is 0 Å². The summed E-state index contributed by atoms with van der Waals surface area (Å²) >= 11 is 0. The number of hydrogen-bond donors (Lipinski definition) is 2. The highest BCUT2D eigenvalue weighted by Gasteiger charge is 2.08. The molecule has 0 heterocycles. The molecule has 0 radical (unpaired) electrons. The van der Waals surface area contributed by atoms with Gasteiger partial charge in [-0.2, -0.15) is 0 Å². The van der Waals surface area contributed by atoms with Crippen molar-refractivity contribution >= 4 is 23.3 Å². The predicted octanol–water partition coefficient (Wildman–Crippen LogP) is 2.96. The van der Waals surface area contributed by atoms with E-state index >= 15 is 0 Å². The van der Waals surface area contributed by atoms with E-state index in [0.717, 1.165) is 19.4 Å². The summed E-state index contributed by atoms with van der Waals surface area (Å²) < 4.78 is 16.2. The molecule has 8 heteroatoms. The van der Waals surface area contributed by atoms with Crippen molar-refractivity contribution in [3.8, 4) is 0 Å². The van der Waals surface area contributed by atoms with Crippen molar-refractivity contribution in [2.45, 2.75) is 46.0 Å². The second-order valence-corrected chi connectivity index (χ2v) is 7.08. The Balaban J connectivity index is 1.97. The minimum Gasteiger partial charge on any atom is -0.379 e. The van der Waals surface area contributed by atoms with E-state index in [9.17, 15) is 14.4 Å². The SMILES string of the molecule is CCCCOCCOCCOCCCNC(=O)CCC(=O)Nc1cccc(C(C)=O)c1. The van der Waals surface area contributed by atoms with Crippen LogP contribution in [0.2, 0.25) is 0 Å². The second-order valence-electron chi connectivity index (χ2n) is 7.08. The van der Waals surface area contributed by atoms with Crippen LogP contribution in [-0.4, -0.2) is 63.8 Å². The third-order valence-electron chi connectivity index (χ3n) is 4.31. The zero-order valence-electron chi connectivity index (χ0n) is 18.7. The zero-order chi connectivity index (χ0) is 22.7. The molecule has 0 saturated heterocycles. The lowest BCUT2D eigenvalue weighted by atomic mass is 10.1. The number of anilines is 1. The van der Waals surface area contributed by atoms with Crippen molar-refractivity contribution in [3.63, 3.8) is 0 Å². The van der Waals surface area contributed by atoms with E-state index < -0.39 is 0 Å². The minimum absolute atomic E-state index is 0.0700. The fourth-order valence-electron chi connectivity index (χ4n) is 2.55. The molecule has 0 unspecified atom stereocenters. The van der Waals surface area contributed by atoms with Gasteiger partial charge in [-0.1, -0.05) is 25.5 Å². The number of carbonyl (C=O) groups is 3. The Morgan fingerprint density at radius 1 is 0.839 bits per heavy atom. The lowest BCUT2D eigenvalue weighted by Crippen LogP contribution is -2.26. The molecule has 0 spiro atoms. The highest BCUT2D eigenvalue weighted by molar-refractivity contribution is 5.97. The molecule has 0 saturated carbocycles. The summed E-state index contributed by atoms with van der Waals surface area (Å²) in [6.45, 7) is 7.60. The molecule has 2 N–H and O–H groups in total. The summed E-state index contributed by atoms with van der Waals surface area (Å²) in [5, 5.41) is 5.47. The normalized spacial score (nSPS) is 10.6. The van der Waals surface area contributed by atoms with Gasteiger partial charge in [0.05, 0.1) is 26.4 Å². The maximum absolute atomic E-state index is 12.0. The van der Waals surface area contributed by atoms with E-state index in [4.69, 9.17) is 14.2 Å². The van der Waals surface area contributed by atoms with Crippen LogP contribution in [0.5, 0.6) is 0 Å². The average Bonchev–Trinajstić information content (AvgIpc) is 2.75. The molecular weight excluding hydrogens is 400 g/mol. The summed E-state index contributed by atoms with van der Waals surface area (Å²) in [5.41, 5.74) is 1.07. The van der Waals surface area contributed by atoms with E-state index in [0.29, 0.717) is 57.3 Å². The molecule has 1 rings (SSSR count). The van der Waals surface area contributed by atoms with E-state index in [-0.39, 0.29) is 30.4 Å². The van der Waals surface area contributed by atoms with Gasteiger partial charge in [-0.05, 0) is 31.9 Å². The number of ketones is 1. The maximum atomic E-state index is 12.0. The molecule has 2 amide bonds. The van der Waals surface area contributed by atoms with Gasteiger partial charge in [0.25, 0.3) is 0 Å². The third kappa shape index (κ3) is 14.4. The van der Waals surface area contributed by atoms with Gasteiger partial charge < -0.3 is 24.8 Å². The van der Waals surface area contributed by atoms with Crippen molar-refractivity contribution in [1.29, 1.82) is 0 Å². The Labute approximate surface area is 185 Å². The highest BCUT2D eigenvalue weighted by Crippen LogP contribution is 2.11. The molecule has 0 atom stereocenters.